The van der Waals surface area contributed by atoms with Crippen LogP contribution in [0.3, 0.4) is 0 Å². The van der Waals surface area contributed by atoms with Crippen LogP contribution >= 0.6 is 0 Å². The van der Waals surface area contributed by atoms with Crippen LogP contribution in [0.25, 0.3) is 22.7 Å². The minimum absolute atomic E-state index is 0.0334. The summed E-state index contributed by atoms with van der Waals surface area (Å²) in [6.07, 6.45) is 3.05. The van der Waals surface area contributed by atoms with Gasteiger partial charge in [0, 0.05) is 18.2 Å². The summed E-state index contributed by atoms with van der Waals surface area (Å²) in [5, 5.41) is 6.44. The zero-order chi connectivity index (χ0) is 20.5. The Balaban J connectivity index is 1.68. The molecule has 1 amide bonds. The molecule has 0 unspecified atom stereocenters. The van der Waals surface area contributed by atoms with E-state index in [-0.39, 0.29) is 5.69 Å². The van der Waals surface area contributed by atoms with Gasteiger partial charge in [-0.2, -0.15) is 5.10 Å². The van der Waals surface area contributed by atoms with Gasteiger partial charge in [-0.3, -0.25) is 9.48 Å². The number of nitrogens with zero attached hydrogens (tertiary/aromatic N) is 3. The molecule has 2 heterocycles. The summed E-state index contributed by atoms with van der Waals surface area (Å²) in [5.74, 6) is -1.95. The van der Waals surface area contributed by atoms with E-state index >= 15 is 0 Å². The highest BCUT2D eigenvalue weighted by Gasteiger charge is 2.19. The Kier molecular flexibility index (Phi) is 4.67. The average Bonchev–Trinajstić information content (AvgIpc) is 3.35. The predicted molar refractivity (Wildman–Crippen MR) is 103 cm³/mol. The standard InChI is InChI=1S/C21H16F2N4O2/c1-12-6-7-13(21-24-8-9-29-21)10-14(12)18-11-17(26-27(18)2)20(28)25-19-15(22)4-3-5-16(19)23/h3-11H,1-2H3,(H,25,28). The van der Waals surface area contributed by atoms with Gasteiger partial charge in [0.2, 0.25) is 5.89 Å². The van der Waals surface area contributed by atoms with E-state index in [9.17, 15) is 13.6 Å². The highest BCUT2D eigenvalue weighted by molar-refractivity contribution is 6.03. The molecular formula is C21H16F2N4O2. The van der Waals surface area contributed by atoms with Crippen molar-refractivity contribution in [1.82, 2.24) is 14.8 Å². The SMILES string of the molecule is Cc1ccc(-c2ncco2)cc1-c1cc(C(=O)Nc2c(F)cccc2F)nn1C. The molecule has 4 aromatic rings. The molecule has 0 aliphatic rings. The van der Waals surface area contributed by atoms with Gasteiger partial charge < -0.3 is 9.73 Å². The van der Waals surface area contributed by atoms with E-state index in [1.807, 2.05) is 25.1 Å². The quantitative estimate of drug-likeness (QED) is 0.550. The van der Waals surface area contributed by atoms with E-state index < -0.39 is 23.2 Å². The van der Waals surface area contributed by atoms with Gasteiger partial charge in [0.15, 0.2) is 5.69 Å². The van der Waals surface area contributed by atoms with E-state index in [4.69, 9.17) is 4.42 Å². The second-order valence-corrected chi connectivity index (χ2v) is 6.46. The zero-order valence-electron chi connectivity index (χ0n) is 15.6. The van der Waals surface area contributed by atoms with E-state index in [2.05, 4.69) is 15.4 Å². The fourth-order valence-electron chi connectivity index (χ4n) is 3.02. The van der Waals surface area contributed by atoms with Crippen molar-refractivity contribution in [2.75, 3.05) is 5.32 Å². The number of oxazole rings is 1. The molecule has 29 heavy (non-hydrogen) atoms. The molecule has 6 nitrogen and oxygen atoms in total. The number of hydrogen-bond acceptors (Lipinski definition) is 4. The van der Waals surface area contributed by atoms with Crippen LogP contribution in [0.5, 0.6) is 0 Å². The molecule has 0 atom stereocenters. The number of para-hydroxylation sites is 1. The Morgan fingerprint density at radius 2 is 1.90 bits per heavy atom. The molecule has 0 saturated heterocycles. The van der Waals surface area contributed by atoms with Gasteiger partial charge in [-0.25, -0.2) is 13.8 Å². The van der Waals surface area contributed by atoms with Crippen molar-refractivity contribution < 1.29 is 18.0 Å². The predicted octanol–water partition coefficient (Wildman–Crippen LogP) is 4.58. The second kappa shape index (κ2) is 7.31. The summed E-state index contributed by atoms with van der Waals surface area (Å²) in [4.78, 5) is 16.7. The topological polar surface area (TPSA) is 73.0 Å². The molecule has 146 valence electrons. The number of amides is 1. The van der Waals surface area contributed by atoms with Crippen molar-refractivity contribution in [3.8, 4) is 22.7 Å². The Morgan fingerprint density at radius 1 is 1.14 bits per heavy atom. The van der Waals surface area contributed by atoms with Crippen LogP contribution in [0.4, 0.5) is 14.5 Å². The average molecular weight is 394 g/mol. The molecule has 0 fully saturated rings. The first-order chi connectivity index (χ1) is 13.9. The fraction of sp³-hybridized carbons (Fsp3) is 0.0952. The van der Waals surface area contributed by atoms with Crippen LogP contribution in [0, 0.1) is 18.6 Å². The molecule has 0 aliphatic carbocycles. The van der Waals surface area contributed by atoms with Crippen molar-refractivity contribution in [2.24, 2.45) is 7.05 Å². The Hall–Kier alpha value is -3.81. The second-order valence-electron chi connectivity index (χ2n) is 6.46. The first kappa shape index (κ1) is 18.5. The molecule has 0 aliphatic heterocycles. The maximum absolute atomic E-state index is 13.8. The number of rotatable bonds is 4. The highest BCUT2D eigenvalue weighted by atomic mass is 19.1. The minimum Gasteiger partial charge on any atom is -0.445 e. The Bertz CT molecular complexity index is 1180. The van der Waals surface area contributed by atoms with Gasteiger partial charge in [0.25, 0.3) is 5.91 Å². The molecule has 0 saturated carbocycles. The van der Waals surface area contributed by atoms with Crippen LogP contribution in [-0.2, 0) is 7.05 Å². The molecule has 0 spiro atoms. The highest BCUT2D eigenvalue weighted by Crippen LogP contribution is 2.29. The molecule has 2 aromatic carbocycles. The molecule has 8 heteroatoms. The van der Waals surface area contributed by atoms with Gasteiger partial charge in [-0.05, 0) is 42.8 Å². The monoisotopic (exact) mass is 394 g/mol. The van der Waals surface area contributed by atoms with Crippen LogP contribution < -0.4 is 5.32 Å². The third-order valence-electron chi connectivity index (χ3n) is 4.51. The van der Waals surface area contributed by atoms with Crippen molar-refractivity contribution in [3.63, 3.8) is 0 Å². The number of nitrogens with one attached hydrogen (secondary N) is 1. The fourth-order valence-corrected chi connectivity index (χ4v) is 3.02. The number of aromatic nitrogens is 3. The van der Waals surface area contributed by atoms with Crippen molar-refractivity contribution in [3.05, 3.63) is 77.8 Å². The number of carbonyl (C=O) groups is 1. The lowest BCUT2D eigenvalue weighted by Gasteiger charge is -2.07. The van der Waals surface area contributed by atoms with Crippen molar-refractivity contribution in [2.45, 2.75) is 6.92 Å². The van der Waals surface area contributed by atoms with Crippen molar-refractivity contribution in [1.29, 1.82) is 0 Å². The number of benzene rings is 2. The normalized spacial score (nSPS) is 10.9. The lowest BCUT2D eigenvalue weighted by molar-refractivity contribution is 0.102. The van der Waals surface area contributed by atoms with Crippen LogP contribution in [0.1, 0.15) is 16.1 Å². The maximum atomic E-state index is 13.8. The number of anilines is 1. The van der Waals surface area contributed by atoms with Gasteiger partial charge in [-0.15, -0.1) is 0 Å². The molecule has 0 radical (unpaired) electrons. The number of halogens is 2. The van der Waals surface area contributed by atoms with E-state index in [1.54, 1.807) is 19.3 Å². The number of hydrogen-bond donors (Lipinski definition) is 1. The van der Waals surface area contributed by atoms with Crippen LogP contribution in [0.2, 0.25) is 0 Å². The Labute approximate surface area is 164 Å². The van der Waals surface area contributed by atoms with E-state index in [1.165, 1.54) is 17.0 Å². The summed E-state index contributed by atoms with van der Waals surface area (Å²) in [5.41, 5.74) is 2.74. The molecule has 0 bridgehead atoms. The van der Waals surface area contributed by atoms with Crippen LogP contribution in [0.15, 0.2) is 59.3 Å². The largest absolute Gasteiger partial charge is 0.445 e. The summed E-state index contributed by atoms with van der Waals surface area (Å²) in [7, 11) is 1.69. The molecule has 1 N–H and O–H groups in total. The van der Waals surface area contributed by atoms with E-state index in [0.717, 1.165) is 28.8 Å². The zero-order valence-corrected chi connectivity index (χ0v) is 15.6. The summed E-state index contributed by atoms with van der Waals surface area (Å²) in [6, 6.07) is 10.6. The van der Waals surface area contributed by atoms with Gasteiger partial charge in [0.05, 0.1) is 11.9 Å². The molecule has 2 aromatic heterocycles. The lowest BCUT2D eigenvalue weighted by atomic mass is 10.0. The third kappa shape index (κ3) is 3.52. The third-order valence-corrected chi connectivity index (χ3v) is 4.51. The van der Waals surface area contributed by atoms with Gasteiger partial charge >= 0.3 is 0 Å². The smallest absolute Gasteiger partial charge is 0.276 e. The first-order valence-corrected chi connectivity index (χ1v) is 8.74. The number of aryl methyl sites for hydroxylation is 2. The number of carbonyl (C=O) groups excluding carboxylic acids is 1. The molecule has 4 rings (SSSR count). The van der Waals surface area contributed by atoms with Gasteiger partial charge in [-0.1, -0.05) is 12.1 Å². The first-order valence-electron chi connectivity index (χ1n) is 8.74. The maximum Gasteiger partial charge on any atom is 0.276 e. The minimum atomic E-state index is -0.857. The van der Waals surface area contributed by atoms with Gasteiger partial charge in [0.1, 0.15) is 23.6 Å². The van der Waals surface area contributed by atoms with Crippen molar-refractivity contribution >= 4 is 11.6 Å². The van der Waals surface area contributed by atoms with E-state index in [0.29, 0.717) is 11.6 Å². The summed E-state index contributed by atoms with van der Waals surface area (Å²) < 4.78 is 34.5. The summed E-state index contributed by atoms with van der Waals surface area (Å²) in [6.45, 7) is 1.93. The molecular weight excluding hydrogens is 378 g/mol. The summed E-state index contributed by atoms with van der Waals surface area (Å²) >= 11 is 0. The Morgan fingerprint density at radius 3 is 2.59 bits per heavy atom. The lowest BCUT2D eigenvalue weighted by Crippen LogP contribution is -2.15. The van der Waals surface area contributed by atoms with Crippen LogP contribution in [-0.4, -0.2) is 20.7 Å².